The lowest BCUT2D eigenvalue weighted by molar-refractivity contribution is -0.139. The molecular formula is C6H9N3O2S. The molecule has 0 aliphatic heterocycles. The summed E-state index contributed by atoms with van der Waals surface area (Å²) < 4.78 is 4.48. The number of carbonyl (C=O) groups is 1. The van der Waals surface area contributed by atoms with E-state index in [9.17, 15) is 4.79 Å². The highest BCUT2D eigenvalue weighted by atomic mass is 32.1. The zero-order chi connectivity index (χ0) is 8.97. The summed E-state index contributed by atoms with van der Waals surface area (Å²) in [4.78, 5) is 10.8. The van der Waals surface area contributed by atoms with Crippen LogP contribution in [-0.4, -0.2) is 30.3 Å². The van der Waals surface area contributed by atoms with Gasteiger partial charge in [0.2, 0.25) is 5.13 Å². The van der Waals surface area contributed by atoms with Gasteiger partial charge in [0.1, 0.15) is 5.01 Å². The van der Waals surface area contributed by atoms with Crippen molar-refractivity contribution in [3.63, 3.8) is 0 Å². The SMILES string of the molecule is CNc1nnc(CC(=O)OC)s1. The van der Waals surface area contributed by atoms with Gasteiger partial charge < -0.3 is 10.1 Å². The lowest BCUT2D eigenvalue weighted by atomic mass is 10.5. The first-order valence-corrected chi connectivity index (χ1v) is 4.15. The summed E-state index contributed by atoms with van der Waals surface area (Å²) in [6.45, 7) is 0. The van der Waals surface area contributed by atoms with Gasteiger partial charge in [0.05, 0.1) is 13.5 Å². The number of hydrogen-bond acceptors (Lipinski definition) is 6. The molecule has 0 bridgehead atoms. The van der Waals surface area contributed by atoms with Gasteiger partial charge in [-0.15, -0.1) is 10.2 Å². The Hall–Kier alpha value is -1.17. The molecule has 1 aromatic heterocycles. The predicted octanol–water partition coefficient (Wildman–Crippen LogP) is 0.295. The molecular weight excluding hydrogens is 178 g/mol. The summed E-state index contributed by atoms with van der Waals surface area (Å²) in [5.41, 5.74) is 0. The minimum absolute atomic E-state index is 0.190. The Kier molecular flexibility index (Phi) is 2.98. The largest absolute Gasteiger partial charge is 0.469 e. The van der Waals surface area contributed by atoms with Gasteiger partial charge >= 0.3 is 5.97 Å². The van der Waals surface area contributed by atoms with Crippen LogP contribution in [0.15, 0.2) is 0 Å². The third kappa shape index (κ3) is 2.16. The van der Waals surface area contributed by atoms with E-state index in [2.05, 4.69) is 20.3 Å². The van der Waals surface area contributed by atoms with E-state index in [1.54, 1.807) is 7.05 Å². The number of nitrogens with zero attached hydrogens (tertiary/aromatic N) is 2. The molecule has 0 amide bonds. The highest BCUT2D eigenvalue weighted by Gasteiger charge is 2.07. The van der Waals surface area contributed by atoms with Crippen LogP contribution in [0.25, 0.3) is 0 Å². The van der Waals surface area contributed by atoms with Crippen LogP contribution in [0.1, 0.15) is 5.01 Å². The molecule has 0 atom stereocenters. The molecule has 0 aliphatic carbocycles. The first-order chi connectivity index (χ1) is 5.76. The first kappa shape index (κ1) is 8.92. The minimum atomic E-state index is -0.297. The molecule has 0 saturated heterocycles. The zero-order valence-electron chi connectivity index (χ0n) is 6.83. The number of rotatable bonds is 3. The van der Waals surface area contributed by atoms with Gasteiger partial charge in [-0.25, -0.2) is 0 Å². The van der Waals surface area contributed by atoms with Crippen molar-refractivity contribution in [2.24, 2.45) is 0 Å². The topological polar surface area (TPSA) is 64.1 Å². The number of ether oxygens (including phenoxy) is 1. The van der Waals surface area contributed by atoms with E-state index < -0.39 is 0 Å². The van der Waals surface area contributed by atoms with Crippen LogP contribution in [0.2, 0.25) is 0 Å². The predicted molar refractivity (Wildman–Crippen MR) is 45.2 cm³/mol. The van der Waals surface area contributed by atoms with Gasteiger partial charge in [-0.1, -0.05) is 11.3 Å². The number of esters is 1. The zero-order valence-corrected chi connectivity index (χ0v) is 7.64. The molecule has 5 nitrogen and oxygen atoms in total. The van der Waals surface area contributed by atoms with Crippen LogP contribution < -0.4 is 5.32 Å². The van der Waals surface area contributed by atoms with E-state index in [1.165, 1.54) is 18.4 Å². The first-order valence-electron chi connectivity index (χ1n) is 3.33. The second-order valence-corrected chi connectivity index (χ2v) is 3.07. The summed E-state index contributed by atoms with van der Waals surface area (Å²) in [5.74, 6) is -0.297. The van der Waals surface area contributed by atoms with Gasteiger partial charge in [0.25, 0.3) is 0 Å². The molecule has 0 aliphatic rings. The van der Waals surface area contributed by atoms with Crippen molar-refractivity contribution in [3.05, 3.63) is 5.01 Å². The van der Waals surface area contributed by atoms with Crippen LogP contribution in [0.5, 0.6) is 0 Å². The number of anilines is 1. The number of nitrogens with one attached hydrogen (secondary N) is 1. The fraction of sp³-hybridized carbons (Fsp3) is 0.500. The number of methoxy groups -OCH3 is 1. The maximum Gasteiger partial charge on any atom is 0.312 e. The van der Waals surface area contributed by atoms with Gasteiger partial charge in [0, 0.05) is 7.05 Å². The Balaban J connectivity index is 2.58. The highest BCUT2D eigenvalue weighted by molar-refractivity contribution is 7.15. The lowest BCUT2D eigenvalue weighted by Gasteiger charge is -1.92. The third-order valence-electron chi connectivity index (χ3n) is 1.20. The van der Waals surface area contributed by atoms with Gasteiger partial charge in [-0.05, 0) is 0 Å². The molecule has 1 rings (SSSR count). The Morgan fingerprint density at radius 3 is 2.92 bits per heavy atom. The van der Waals surface area contributed by atoms with Crippen molar-refractivity contribution in [2.45, 2.75) is 6.42 Å². The monoisotopic (exact) mass is 187 g/mol. The van der Waals surface area contributed by atoms with E-state index in [-0.39, 0.29) is 12.4 Å². The highest BCUT2D eigenvalue weighted by Crippen LogP contribution is 2.14. The fourth-order valence-electron chi connectivity index (χ4n) is 0.622. The van der Waals surface area contributed by atoms with Gasteiger partial charge in [-0.2, -0.15) is 0 Å². The number of aromatic nitrogens is 2. The maximum atomic E-state index is 10.8. The lowest BCUT2D eigenvalue weighted by Crippen LogP contribution is -2.03. The second-order valence-electron chi connectivity index (χ2n) is 2.00. The van der Waals surface area contributed by atoms with Crippen molar-refractivity contribution in [1.82, 2.24) is 10.2 Å². The van der Waals surface area contributed by atoms with E-state index in [0.29, 0.717) is 10.1 Å². The van der Waals surface area contributed by atoms with E-state index in [1.807, 2.05) is 0 Å². The van der Waals surface area contributed by atoms with E-state index in [0.717, 1.165) is 0 Å². The average molecular weight is 187 g/mol. The van der Waals surface area contributed by atoms with Crippen molar-refractivity contribution in [1.29, 1.82) is 0 Å². The Labute approximate surface area is 73.8 Å². The van der Waals surface area contributed by atoms with Crippen LogP contribution in [-0.2, 0) is 16.0 Å². The van der Waals surface area contributed by atoms with Gasteiger partial charge in [-0.3, -0.25) is 4.79 Å². The summed E-state index contributed by atoms with van der Waals surface area (Å²) in [7, 11) is 3.10. The Morgan fingerprint density at radius 1 is 1.67 bits per heavy atom. The molecule has 6 heteroatoms. The third-order valence-corrected chi connectivity index (χ3v) is 2.14. The number of hydrogen-bond donors (Lipinski definition) is 1. The Morgan fingerprint density at radius 2 is 2.42 bits per heavy atom. The Bertz CT molecular complexity index is 274. The molecule has 1 aromatic rings. The molecule has 66 valence electrons. The van der Waals surface area contributed by atoms with Crippen LogP contribution >= 0.6 is 11.3 Å². The number of carbonyl (C=O) groups excluding carboxylic acids is 1. The maximum absolute atomic E-state index is 10.8. The molecule has 0 spiro atoms. The van der Waals surface area contributed by atoms with E-state index in [4.69, 9.17) is 0 Å². The quantitative estimate of drug-likeness (QED) is 0.689. The van der Waals surface area contributed by atoms with Crippen molar-refractivity contribution < 1.29 is 9.53 Å². The molecule has 0 aromatic carbocycles. The molecule has 1 N–H and O–H groups in total. The van der Waals surface area contributed by atoms with E-state index >= 15 is 0 Å². The second kappa shape index (κ2) is 4.01. The summed E-state index contributed by atoms with van der Waals surface area (Å²) in [5, 5.41) is 11.7. The fourth-order valence-corrected chi connectivity index (χ4v) is 1.30. The van der Waals surface area contributed by atoms with Crippen LogP contribution in [0, 0.1) is 0 Å². The molecule has 0 saturated carbocycles. The van der Waals surface area contributed by atoms with Gasteiger partial charge in [0.15, 0.2) is 0 Å². The van der Waals surface area contributed by atoms with Crippen LogP contribution in [0.3, 0.4) is 0 Å². The molecule has 1 heterocycles. The van der Waals surface area contributed by atoms with Crippen molar-refractivity contribution in [2.75, 3.05) is 19.5 Å². The summed E-state index contributed by atoms with van der Waals surface area (Å²) >= 11 is 1.34. The summed E-state index contributed by atoms with van der Waals surface area (Å²) in [6.07, 6.45) is 0.190. The van der Waals surface area contributed by atoms with Crippen molar-refractivity contribution in [3.8, 4) is 0 Å². The van der Waals surface area contributed by atoms with Crippen molar-refractivity contribution >= 4 is 22.4 Å². The molecule has 0 unspecified atom stereocenters. The smallest absolute Gasteiger partial charge is 0.312 e. The molecule has 0 radical (unpaired) electrons. The summed E-state index contributed by atoms with van der Waals surface area (Å²) in [6, 6.07) is 0. The normalized spacial score (nSPS) is 9.50. The standard InChI is InChI=1S/C6H9N3O2S/c1-7-6-9-8-4(12-6)3-5(10)11-2/h3H2,1-2H3,(H,7,9). The molecule has 0 fully saturated rings. The molecule has 12 heavy (non-hydrogen) atoms. The minimum Gasteiger partial charge on any atom is -0.469 e. The van der Waals surface area contributed by atoms with Crippen LogP contribution in [0.4, 0.5) is 5.13 Å². The average Bonchev–Trinajstić information content (AvgIpc) is 2.52.